The number of para-hydroxylation sites is 3. The average molecular weight is 544 g/mol. The van der Waals surface area contributed by atoms with Crippen LogP contribution in [0.1, 0.15) is 26.3 Å². The Morgan fingerprint density at radius 1 is 0.595 bits per heavy atom. The Kier molecular flexibility index (Phi) is 6.36. The van der Waals surface area contributed by atoms with Gasteiger partial charge in [0.05, 0.1) is 27.6 Å². The number of hydrogen-bond donors (Lipinski definition) is 0. The van der Waals surface area contributed by atoms with Crippen molar-refractivity contribution in [3.05, 3.63) is 127 Å². The van der Waals surface area contributed by atoms with Crippen molar-refractivity contribution in [1.29, 1.82) is 0 Å². The fourth-order valence-corrected chi connectivity index (χ4v) is 6.60. The lowest BCUT2D eigenvalue weighted by Crippen LogP contribution is -1.96. The first-order valence-corrected chi connectivity index (χ1v) is 14.7. The molecule has 0 aliphatic rings. The minimum Gasteiger partial charge on any atom is -0.309 e. The van der Waals surface area contributed by atoms with E-state index in [0.29, 0.717) is 0 Å². The monoisotopic (exact) mass is 543 g/mol. The molecule has 0 fully saturated rings. The zero-order valence-electron chi connectivity index (χ0n) is 24.5. The molecule has 8 rings (SSSR count). The van der Waals surface area contributed by atoms with E-state index in [1.165, 1.54) is 59.9 Å². The molecule has 0 N–H and O–H groups in total. The second-order valence-electron chi connectivity index (χ2n) is 10.4. The number of aliphatic imine (C=N–C) groups is 1. The summed E-state index contributed by atoms with van der Waals surface area (Å²) in [5.74, 6) is 0. The van der Waals surface area contributed by atoms with E-state index in [1.807, 2.05) is 27.1 Å². The van der Waals surface area contributed by atoms with Crippen molar-refractivity contribution in [3.8, 4) is 5.69 Å². The summed E-state index contributed by atoms with van der Waals surface area (Å²) in [7, 11) is 1.82. The molecule has 3 heteroatoms. The van der Waals surface area contributed by atoms with Gasteiger partial charge in [0.15, 0.2) is 0 Å². The van der Waals surface area contributed by atoms with E-state index in [4.69, 9.17) is 0 Å². The van der Waals surface area contributed by atoms with Gasteiger partial charge in [-0.05, 0) is 60.5 Å². The van der Waals surface area contributed by atoms with Gasteiger partial charge in [-0.15, -0.1) is 0 Å². The molecule has 204 valence electrons. The van der Waals surface area contributed by atoms with Gasteiger partial charge in [0.1, 0.15) is 0 Å². The van der Waals surface area contributed by atoms with Gasteiger partial charge in [-0.3, -0.25) is 4.99 Å². The fraction of sp³-hybridized carbons (Fsp3) is 0.103. The van der Waals surface area contributed by atoms with E-state index >= 15 is 0 Å². The van der Waals surface area contributed by atoms with Crippen LogP contribution in [0.2, 0.25) is 0 Å². The lowest BCUT2D eigenvalue weighted by Gasteiger charge is -2.13. The van der Waals surface area contributed by atoms with Crippen LogP contribution in [-0.4, -0.2) is 22.2 Å². The number of aromatic nitrogens is 2. The predicted octanol–water partition coefficient (Wildman–Crippen LogP) is 10.6. The molecule has 0 unspecified atom stereocenters. The lowest BCUT2D eigenvalue weighted by atomic mass is 9.99. The summed E-state index contributed by atoms with van der Waals surface area (Å²) >= 11 is 0. The third-order valence-electron chi connectivity index (χ3n) is 8.26. The molecule has 0 atom stereocenters. The molecule has 5 aromatic carbocycles. The molecule has 0 saturated heterocycles. The molecule has 0 aliphatic heterocycles. The molecule has 8 aromatic rings. The van der Waals surface area contributed by atoms with Crippen LogP contribution in [0.15, 0.2) is 126 Å². The van der Waals surface area contributed by atoms with Gasteiger partial charge >= 0.3 is 0 Å². The Balaban J connectivity index is 0.00000141. The van der Waals surface area contributed by atoms with Crippen molar-refractivity contribution in [3.63, 3.8) is 0 Å². The van der Waals surface area contributed by atoms with Gasteiger partial charge in [-0.2, -0.15) is 0 Å². The maximum Gasteiger partial charge on any atom is 0.0547 e. The van der Waals surface area contributed by atoms with Crippen LogP contribution in [-0.2, 0) is 0 Å². The minimum atomic E-state index is 1.12. The van der Waals surface area contributed by atoms with Crippen LogP contribution in [0.4, 0.5) is 0 Å². The summed E-state index contributed by atoms with van der Waals surface area (Å²) in [6.45, 7) is 6.06. The molecule has 0 aliphatic carbocycles. The molecule has 0 saturated carbocycles. The highest BCUT2D eigenvalue weighted by molar-refractivity contribution is 6.31. The molecule has 3 nitrogen and oxygen atoms in total. The van der Waals surface area contributed by atoms with Crippen molar-refractivity contribution in [2.75, 3.05) is 7.05 Å². The smallest absolute Gasteiger partial charge is 0.0547 e. The van der Waals surface area contributed by atoms with E-state index < -0.39 is 0 Å². The predicted molar refractivity (Wildman–Crippen MR) is 184 cm³/mol. The first kappa shape index (κ1) is 25.8. The number of nitrogens with zero attached hydrogens (tertiary/aromatic N) is 3. The van der Waals surface area contributed by atoms with Crippen LogP contribution in [0.3, 0.4) is 0 Å². The third kappa shape index (κ3) is 3.70. The first-order chi connectivity index (χ1) is 20.8. The number of pyridine rings is 1. The van der Waals surface area contributed by atoms with E-state index in [1.54, 1.807) is 0 Å². The number of fused-ring (bicyclic) bond motifs is 12. The van der Waals surface area contributed by atoms with Crippen LogP contribution in [0.25, 0.3) is 71.2 Å². The fourth-order valence-electron chi connectivity index (χ4n) is 6.60. The molecule has 0 spiro atoms. The number of hydrogen-bond acceptors (Lipinski definition) is 1. The maximum absolute atomic E-state index is 4.28. The summed E-state index contributed by atoms with van der Waals surface area (Å²) < 4.78 is 4.84. The Labute approximate surface area is 245 Å². The Hall–Kier alpha value is -5.15. The summed E-state index contributed by atoms with van der Waals surface area (Å²) in [5.41, 5.74) is 9.55. The van der Waals surface area contributed by atoms with Crippen LogP contribution < -0.4 is 0 Å². The van der Waals surface area contributed by atoms with E-state index in [9.17, 15) is 0 Å². The normalized spacial score (nSPS) is 12.3. The van der Waals surface area contributed by atoms with Crippen molar-refractivity contribution in [2.45, 2.75) is 20.8 Å². The van der Waals surface area contributed by atoms with Gasteiger partial charge in [-0.25, -0.2) is 0 Å². The zero-order valence-corrected chi connectivity index (χ0v) is 24.5. The first-order valence-electron chi connectivity index (χ1n) is 14.7. The van der Waals surface area contributed by atoms with E-state index in [0.717, 1.165) is 16.8 Å². The van der Waals surface area contributed by atoms with Crippen LogP contribution >= 0.6 is 0 Å². The largest absolute Gasteiger partial charge is 0.309 e. The van der Waals surface area contributed by atoms with Gasteiger partial charge in [-0.1, -0.05) is 92.7 Å². The molecule has 0 amide bonds. The van der Waals surface area contributed by atoms with Crippen molar-refractivity contribution < 1.29 is 0 Å². The third-order valence-corrected chi connectivity index (χ3v) is 8.26. The second-order valence-corrected chi connectivity index (χ2v) is 10.4. The topological polar surface area (TPSA) is 21.7 Å². The van der Waals surface area contributed by atoms with Crippen LogP contribution in [0.5, 0.6) is 0 Å². The highest BCUT2D eigenvalue weighted by atomic mass is 15.0. The van der Waals surface area contributed by atoms with Gasteiger partial charge < -0.3 is 8.97 Å². The summed E-state index contributed by atoms with van der Waals surface area (Å²) in [4.78, 5) is 4.28. The van der Waals surface area contributed by atoms with E-state index in [-0.39, 0.29) is 0 Å². The Bertz CT molecular complexity index is 2340. The minimum absolute atomic E-state index is 1.12. The summed E-state index contributed by atoms with van der Waals surface area (Å²) in [6, 6.07) is 42.1. The maximum atomic E-state index is 4.28. The molecule has 3 heterocycles. The second kappa shape index (κ2) is 10.4. The molecule has 42 heavy (non-hydrogen) atoms. The average Bonchev–Trinajstić information content (AvgIpc) is 3.61. The molecule has 3 aromatic heterocycles. The quantitative estimate of drug-likeness (QED) is 0.156. The lowest BCUT2D eigenvalue weighted by molar-refractivity contribution is 1.18. The van der Waals surface area contributed by atoms with Crippen molar-refractivity contribution in [1.82, 2.24) is 8.97 Å². The molecule has 0 radical (unpaired) electrons. The Morgan fingerprint density at radius 2 is 1.26 bits per heavy atom. The summed E-state index contributed by atoms with van der Waals surface area (Å²) in [5, 5.41) is 7.67. The van der Waals surface area contributed by atoms with Gasteiger partial charge in [0, 0.05) is 51.3 Å². The Morgan fingerprint density at radius 3 is 2.02 bits per heavy atom. The SMILES string of the molecule is C/C=C(\C=NC)c1cccc(-n2c3ccccc3c3c4c5ccccc5n5c6ccccc6cc5c4ccc32)c1.CC. The molecular weight excluding hydrogens is 510 g/mol. The van der Waals surface area contributed by atoms with Crippen molar-refractivity contribution in [2.24, 2.45) is 4.99 Å². The summed E-state index contributed by atoms with van der Waals surface area (Å²) in [6.07, 6.45) is 4.04. The number of allylic oxidation sites excluding steroid dienone is 2. The van der Waals surface area contributed by atoms with Gasteiger partial charge in [0.2, 0.25) is 0 Å². The number of benzene rings is 5. The van der Waals surface area contributed by atoms with Crippen LogP contribution in [0, 0.1) is 0 Å². The van der Waals surface area contributed by atoms with Gasteiger partial charge in [0.25, 0.3) is 0 Å². The molecular formula is C39H33N3. The molecule has 0 bridgehead atoms. The zero-order chi connectivity index (χ0) is 28.8. The highest BCUT2D eigenvalue weighted by Crippen LogP contribution is 2.42. The number of rotatable bonds is 3. The van der Waals surface area contributed by atoms with E-state index in [2.05, 4.69) is 142 Å². The highest BCUT2D eigenvalue weighted by Gasteiger charge is 2.19. The standard InChI is InChI=1S/C37H27N3.C2H6/c1-3-24(23-38-2)25-12-10-13-27(21-25)39-32-17-8-6-15-29(32)37-34(39)20-19-30-35-22-26-11-4-7-16-31(26)40(35)33-18-9-5-14-28(33)36(30)37;1-2/h3-23H,1-2H3;1-2H3/b24-3+,38-23?;. The van der Waals surface area contributed by atoms with Crippen molar-refractivity contribution >= 4 is 71.7 Å².